The summed E-state index contributed by atoms with van der Waals surface area (Å²) < 4.78 is 60.9. The largest absolute Gasteiger partial charge is 0.472 e. The topological polar surface area (TPSA) is 231 Å². The zero-order valence-electron chi connectivity index (χ0n) is 60.1. The first kappa shape index (κ1) is 91.7. The van der Waals surface area contributed by atoms with Gasteiger partial charge in [0.25, 0.3) is 0 Å². The van der Waals surface area contributed by atoms with Gasteiger partial charge in [-0.2, -0.15) is 0 Å². The Hall–Kier alpha value is -3.27. The number of aliphatic hydroxyl groups is 2. The first-order chi connectivity index (χ1) is 46.2. The molecule has 0 aliphatic heterocycles. The standard InChI is InChI=1S/C77H138O16P2/c1-4-7-10-13-16-19-22-24-26-27-28-29-30-31-32-33-34-35-36-37-38-39-40-41-42-43-45-47-49-51-54-57-60-63-75(80)87-66-72(78)67-89-94(83,84)90-68-73(79)69-91-95(85,86)92-71-74(93-77(82)65-62-59-56-53-48-21-18-15-12-9-6-3)70-88-76(81)64-61-58-55-52-50-46-44-25-23-20-17-14-11-8-5-2/h7,10,15-16,18-19,24,26,28-29,31-32,34-35,72-74,78-79H,4-6,8-9,11-14,17,20-23,25,27,30,33,36-71H2,1-3H3,(H,83,84)(H,85,86)/b10-7-,18-15-,19-16-,26-24-,29-28-,32-31-,35-34-. The third-order valence-electron chi connectivity index (χ3n) is 16.1. The molecule has 95 heavy (non-hydrogen) atoms. The molecule has 0 radical (unpaired) electrons. The fourth-order valence-electron chi connectivity index (χ4n) is 10.3. The van der Waals surface area contributed by atoms with Crippen LogP contribution in [-0.2, 0) is 55.8 Å². The summed E-state index contributed by atoms with van der Waals surface area (Å²) in [5, 5.41) is 20.6. The molecule has 0 saturated carbocycles. The number of aliphatic hydroxyl groups excluding tert-OH is 2. The van der Waals surface area contributed by atoms with Crippen LogP contribution in [0.15, 0.2) is 85.1 Å². The van der Waals surface area contributed by atoms with Crippen molar-refractivity contribution in [3.8, 4) is 0 Å². The maximum Gasteiger partial charge on any atom is 0.472 e. The molecule has 0 aromatic rings. The monoisotopic (exact) mass is 1380 g/mol. The lowest BCUT2D eigenvalue weighted by Gasteiger charge is -2.21. The van der Waals surface area contributed by atoms with Crippen molar-refractivity contribution in [3.05, 3.63) is 85.1 Å². The first-order valence-corrected chi connectivity index (χ1v) is 40.9. The van der Waals surface area contributed by atoms with Gasteiger partial charge in [0.05, 0.1) is 26.4 Å². The van der Waals surface area contributed by atoms with Crippen molar-refractivity contribution in [2.24, 2.45) is 0 Å². The molecule has 0 aromatic heterocycles. The van der Waals surface area contributed by atoms with E-state index in [0.29, 0.717) is 19.3 Å². The highest BCUT2D eigenvalue weighted by Gasteiger charge is 2.29. The van der Waals surface area contributed by atoms with Crippen LogP contribution >= 0.6 is 15.6 Å². The summed E-state index contributed by atoms with van der Waals surface area (Å²) in [6.45, 7) is 2.54. The second-order valence-corrected chi connectivity index (χ2v) is 28.3. The van der Waals surface area contributed by atoms with Crippen LogP contribution in [0.5, 0.6) is 0 Å². The molecule has 0 aromatic carbocycles. The Bertz CT molecular complexity index is 2070. The zero-order chi connectivity index (χ0) is 69.5. The maximum absolute atomic E-state index is 12.9. The molecule has 18 heteroatoms. The van der Waals surface area contributed by atoms with E-state index in [4.69, 9.17) is 32.3 Å². The van der Waals surface area contributed by atoms with Crippen molar-refractivity contribution in [1.82, 2.24) is 0 Å². The lowest BCUT2D eigenvalue weighted by molar-refractivity contribution is -0.161. The Morgan fingerprint density at radius 1 is 0.305 bits per heavy atom. The van der Waals surface area contributed by atoms with Gasteiger partial charge in [-0.1, -0.05) is 305 Å². The molecule has 16 nitrogen and oxygen atoms in total. The number of unbranched alkanes of at least 4 members (excludes halogenated alkanes) is 35. The predicted molar refractivity (Wildman–Crippen MR) is 390 cm³/mol. The fourth-order valence-corrected chi connectivity index (χ4v) is 11.9. The Morgan fingerprint density at radius 3 is 0.926 bits per heavy atom. The van der Waals surface area contributed by atoms with E-state index in [1.807, 2.05) is 0 Å². The van der Waals surface area contributed by atoms with Gasteiger partial charge in [0.2, 0.25) is 0 Å². The van der Waals surface area contributed by atoms with E-state index in [1.165, 1.54) is 148 Å². The molecule has 5 unspecified atom stereocenters. The van der Waals surface area contributed by atoms with Crippen molar-refractivity contribution in [1.29, 1.82) is 0 Å². The smallest absolute Gasteiger partial charge is 0.463 e. The van der Waals surface area contributed by atoms with Crippen LogP contribution in [0.3, 0.4) is 0 Å². The highest BCUT2D eigenvalue weighted by Crippen LogP contribution is 2.45. The van der Waals surface area contributed by atoms with Crippen LogP contribution < -0.4 is 0 Å². The number of ether oxygens (including phenoxy) is 3. The summed E-state index contributed by atoms with van der Waals surface area (Å²) >= 11 is 0. The molecule has 0 spiro atoms. The Labute approximate surface area is 578 Å². The Kier molecular flexibility index (Phi) is 68.2. The minimum Gasteiger partial charge on any atom is -0.463 e. The average Bonchev–Trinajstić information content (AvgIpc) is 3.18. The number of hydrogen-bond acceptors (Lipinski definition) is 14. The average molecular weight is 1380 g/mol. The third-order valence-corrected chi connectivity index (χ3v) is 18.0. The molecular formula is C77H138O16P2. The van der Waals surface area contributed by atoms with Gasteiger partial charge in [-0.3, -0.25) is 32.5 Å². The molecule has 0 aliphatic rings. The van der Waals surface area contributed by atoms with Gasteiger partial charge in [-0.15, -0.1) is 0 Å². The van der Waals surface area contributed by atoms with Crippen molar-refractivity contribution >= 4 is 33.6 Å². The molecule has 0 fully saturated rings. The number of allylic oxidation sites excluding steroid dienone is 14. The summed E-state index contributed by atoms with van der Waals surface area (Å²) in [4.78, 5) is 58.4. The number of carbonyl (C=O) groups excluding carboxylic acids is 3. The number of hydrogen-bond donors (Lipinski definition) is 4. The van der Waals surface area contributed by atoms with E-state index in [-0.39, 0.29) is 19.3 Å². The van der Waals surface area contributed by atoms with E-state index in [1.54, 1.807) is 0 Å². The molecule has 0 saturated heterocycles. The van der Waals surface area contributed by atoms with E-state index in [9.17, 15) is 43.5 Å². The molecule has 0 aliphatic carbocycles. The number of phosphoric ester groups is 2. The van der Waals surface area contributed by atoms with Crippen LogP contribution in [0.2, 0.25) is 0 Å². The van der Waals surface area contributed by atoms with Gasteiger partial charge in [0.1, 0.15) is 25.4 Å². The lowest BCUT2D eigenvalue weighted by atomic mass is 10.0. The SMILES string of the molecule is CC/C=C\C/C=C\C/C=C\C/C=C\C/C=C\C/C=C\CCCCCCCCCCCCCCCCC(=O)OCC(O)COP(=O)(O)OCC(O)COP(=O)(O)OCC(COC(=O)CCCCCCCCCCCCCCCCC)OC(=O)CCCCCCC/C=C\CCCC. The van der Waals surface area contributed by atoms with E-state index in [0.717, 1.165) is 122 Å². The summed E-state index contributed by atoms with van der Waals surface area (Å²) in [5.41, 5.74) is 0. The van der Waals surface area contributed by atoms with E-state index < -0.39 is 91.5 Å². The second kappa shape index (κ2) is 70.6. The normalized spacial score (nSPS) is 14.6. The molecule has 5 atom stereocenters. The number of esters is 3. The highest BCUT2D eigenvalue weighted by atomic mass is 31.2. The van der Waals surface area contributed by atoms with E-state index in [2.05, 4.69) is 106 Å². The summed E-state index contributed by atoms with van der Waals surface area (Å²) in [6.07, 6.45) is 78.0. The van der Waals surface area contributed by atoms with Gasteiger partial charge in [0.15, 0.2) is 6.10 Å². The molecule has 0 heterocycles. The van der Waals surface area contributed by atoms with Crippen LogP contribution in [0.1, 0.15) is 329 Å². The number of phosphoric acid groups is 2. The summed E-state index contributed by atoms with van der Waals surface area (Å²) in [5.74, 6) is -1.57. The lowest BCUT2D eigenvalue weighted by Crippen LogP contribution is -2.30. The molecule has 0 rings (SSSR count). The van der Waals surface area contributed by atoms with Gasteiger partial charge in [-0.05, 0) is 89.9 Å². The third kappa shape index (κ3) is 71.8. The van der Waals surface area contributed by atoms with Crippen molar-refractivity contribution in [2.75, 3.05) is 39.6 Å². The van der Waals surface area contributed by atoms with Crippen LogP contribution in [0.25, 0.3) is 0 Å². The highest BCUT2D eigenvalue weighted by molar-refractivity contribution is 7.47. The molecule has 4 N–H and O–H groups in total. The summed E-state index contributed by atoms with van der Waals surface area (Å²) in [7, 11) is -9.76. The molecule has 0 amide bonds. The summed E-state index contributed by atoms with van der Waals surface area (Å²) in [6, 6.07) is 0. The van der Waals surface area contributed by atoms with Gasteiger partial charge >= 0.3 is 33.6 Å². The minimum absolute atomic E-state index is 0.0986. The van der Waals surface area contributed by atoms with Crippen molar-refractivity contribution in [3.63, 3.8) is 0 Å². The zero-order valence-corrected chi connectivity index (χ0v) is 61.9. The van der Waals surface area contributed by atoms with Gasteiger partial charge in [-0.25, -0.2) is 9.13 Å². The fraction of sp³-hybridized carbons (Fsp3) is 0.779. The van der Waals surface area contributed by atoms with Crippen LogP contribution in [0.4, 0.5) is 0 Å². The van der Waals surface area contributed by atoms with Gasteiger partial charge in [0, 0.05) is 19.3 Å². The Balaban J connectivity index is 4.32. The minimum atomic E-state index is -4.92. The maximum atomic E-state index is 12.9. The van der Waals surface area contributed by atoms with Crippen LogP contribution in [-0.4, -0.2) is 95.9 Å². The first-order valence-electron chi connectivity index (χ1n) is 37.9. The quantitative estimate of drug-likeness (QED) is 0.0146. The van der Waals surface area contributed by atoms with Crippen molar-refractivity contribution < 1.29 is 75.8 Å². The number of carbonyl (C=O) groups is 3. The van der Waals surface area contributed by atoms with E-state index >= 15 is 0 Å². The number of rotatable bonds is 72. The van der Waals surface area contributed by atoms with Gasteiger partial charge < -0.3 is 34.2 Å². The predicted octanol–water partition coefficient (Wildman–Crippen LogP) is 21.7. The molecular weight excluding hydrogens is 1240 g/mol. The molecule has 0 bridgehead atoms. The molecule has 552 valence electrons. The Morgan fingerprint density at radius 2 is 0.568 bits per heavy atom. The van der Waals surface area contributed by atoms with Crippen LogP contribution in [0, 0.1) is 0 Å². The second-order valence-electron chi connectivity index (χ2n) is 25.4. The van der Waals surface area contributed by atoms with Crippen molar-refractivity contribution in [2.45, 2.75) is 347 Å².